The third-order valence-electron chi connectivity index (χ3n) is 1.64. The van der Waals surface area contributed by atoms with Gasteiger partial charge in [-0.25, -0.2) is 0 Å². The smallest absolute Gasteiger partial charge is 0.164 e. The van der Waals surface area contributed by atoms with Crippen LogP contribution >= 0.6 is 0 Å². The molecule has 0 aromatic heterocycles. The summed E-state index contributed by atoms with van der Waals surface area (Å²) < 4.78 is 5.06. The van der Waals surface area contributed by atoms with Crippen LogP contribution in [-0.4, -0.2) is 24.6 Å². The van der Waals surface area contributed by atoms with Crippen molar-refractivity contribution in [3.63, 3.8) is 0 Å². The fourth-order valence-electron chi connectivity index (χ4n) is 0.881. The van der Waals surface area contributed by atoms with Gasteiger partial charge in [0, 0.05) is 12.6 Å². The number of aliphatic imine (C=N–C) groups is 1. The summed E-state index contributed by atoms with van der Waals surface area (Å²) in [7, 11) is 0. The van der Waals surface area contributed by atoms with E-state index >= 15 is 0 Å². The van der Waals surface area contributed by atoms with Crippen molar-refractivity contribution in [2.24, 2.45) is 4.99 Å². The molecule has 0 spiro atoms. The monoisotopic (exact) mass is 167 g/mol. The van der Waals surface area contributed by atoms with Crippen LogP contribution in [0.1, 0.15) is 20.3 Å². The van der Waals surface area contributed by atoms with Gasteiger partial charge in [0.1, 0.15) is 6.04 Å². The standard InChI is InChI=1S/C9H13NO2/c1-3-9(11)7(6-12-4-2)8-5-10-8/h5-6,8H,3-4H2,1-2H3/b7-6+. The van der Waals surface area contributed by atoms with Gasteiger partial charge in [-0.1, -0.05) is 6.92 Å². The molecule has 0 aliphatic carbocycles. The van der Waals surface area contributed by atoms with Crippen molar-refractivity contribution >= 4 is 12.0 Å². The summed E-state index contributed by atoms with van der Waals surface area (Å²) in [5.74, 6) is 0.117. The maximum atomic E-state index is 11.3. The Kier molecular flexibility index (Phi) is 3.02. The van der Waals surface area contributed by atoms with Crippen LogP contribution in [-0.2, 0) is 9.53 Å². The number of nitrogens with zero attached hydrogens (tertiary/aromatic N) is 1. The Morgan fingerprint density at radius 1 is 1.67 bits per heavy atom. The van der Waals surface area contributed by atoms with E-state index in [1.54, 1.807) is 6.21 Å². The van der Waals surface area contributed by atoms with E-state index in [-0.39, 0.29) is 11.8 Å². The van der Waals surface area contributed by atoms with Gasteiger partial charge in [-0.3, -0.25) is 9.79 Å². The topological polar surface area (TPSA) is 38.7 Å². The molecule has 0 aromatic rings. The van der Waals surface area contributed by atoms with Crippen molar-refractivity contribution in [1.82, 2.24) is 0 Å². The molecule has 0 N–H and O–H groups in total. The summed E-state index contributed by atoms with van der Waals surface area (Å²) in [6.45, 7) is 4.32. The molecular formula is C9H13NO2. The van der Waals surface area contributed by atoms with Gasteiger partial charge < -0.3 is 4.74 Å². The van der Waals surface area contributed by atoms with Gasteiger partial charge in [0.15, 0.2) is 5.78 Å². The van der Waals surface area contributed by atoms with Crippen LogP contribution < -0.4 is 0 Å². The van der Waals surface area contributed by atoms with E-state index in [9.17, 15) is 4.79 Å². The van der Waals surface area contributed by atoms with Crippen LogP contribution in [0.15, 0.2) is 16.8 Å². The molecule has 0 bridgehead atoms. The second-order valence-corrected chi connectivity index (χ2v) is 2.55. The van der Waals surface area contributed by atoms with Crippen molar-refractivity contribution < 1.29 is 9.53 Å². The molecule has 1 aliphatic heterocycles. The van der Waals surface area contributed by atoms with Crippen molar-refractivity contribution in [3.05, 3.63) is 11.8 Å². The average molecular weight is 167 g/mol. The van der Waals surface area contributed by atoms with E-state index in [0.29, 0.717) is 18.6 Å². The van der Waals surface area contributed by atoms with Crippen molar-refractivity contribution in [2.45, 2.75) is 26.3 Å². The minimum Gasteiger partial charge on any atom is -0.501 e. The molecule has 3 heteroatoms. The van der Waals surface area contributed by atoms with Gasteiger partial charge in [-0.05, 0) is 6.92 Å². The van der Waals surface area contributed by atoms with E-state index in [2.05, 4.69) is 4.99 Å². The fraction of sp³-hybridized carbons (Fsp3) is 0.556. The molecule has 0 fully saturated rings. The number of carbonyl (C=O) groups is 1. The van der Waals surface area contributed by atoms with E-state index in [4.69, 9.17) is 4.74 Å². The normalized spacial score (nSPS) is 20.8. The Morgan fingerprint density at radius 3 is 2.75 bits per heavy atom. The quantitative estimate of drug-likeness (QED) is 0.458. The molecule has 1 rings (SSSR count). The van der Waals surface area contributed by atoms with Gasteiger partial charge in [0.05, 0.1) is 18.4 Å². The lowest BCUT2D eigenvalue weighted by Gasteiger charge is -2.01. The number of ether oxygens (including phenoxy) is 1. The van der Waals surface area contributed by atoms with Crippen LogP contribution in [0.25, 0.3) is 0 Å². The van der Waals surface area contributed by atoms with Crippen molar-refractivity contribution in [1.29, 1.82) is 0 Å². The Hall–Kier alpha value is -1.12. The van der Waals surface area contributed by atoms with E-state index in [0.717, 1.165) is 0 Å². The fourth-order valence-corrected chi connectivity index (χ4v) is 0.881. The van der Waals surface area contributed by atoms with Gasteiger partial charge >= 0.3 is 0 Å². The van der Waals surface area contributed by atoms with Gasteiger partial charge in [0.25, 0.3) is 0 Å². The predicted molar refractivity (Wildman–Crippen MR) is 47.3 cm³/mol. The minimum absolute atomic E-state index is 0.00370. The first-order valence-corrected chi connectivity index (χ1v) is 4.17. The first kappa shape index (κ1) is 8.97. The second-order valence-electron chi connectivity index (χ2n) is 2.55. The van der Waals surface area contributed by atoms with Crippen LogP contribution in [0.2, 0.25) is 0 Å². The van der Waals surface area contributed by atoms with E-state index < -0.39 is 0 Å². The Bertz CT molecular complexity index is 225. The molecule has 66 valence electrons. The largest absolute Gasteiger partial charge is 0.501 e. The number of rotatable bonds is 5. The van der Waals surface area contributed by atoms with Crippen LogP contribution in [0, 0.1) is 0 Å². The highest BCUT2D eigenvalue weighted by Crippen LogP contribution is 2.16. The van der Waals surface area contributed by atoms with Crippen molar-refractivity contribution in [3.8, 4) is 0 Å². The summed E-state index contributed by atoms with van der Waals surface area (Å²) in [5.41, 5.74) is 0.680. The van der Waals surface area contributed by atoms with Crippen molar-refractivity contribution in [2.75, 3.05) is 6.61 Å². The van der Waals surface area contributed by atoms with Gasteiger partial charge in [0.2, 0.25) is 0 Å². The molecular weight excluding hydrogens is 154 g/mol. The second kappa shape index (κ2) is 4.04. The third kappa shape index (κ3) is 2.19. The number of Topliss-reactive ketones (excluding diaryl/α,β-unsaturated/α-hetero) is 1. The zero-order valence-electron chi connectivity index (χ0n) is 7.41. The molecule has 1 unspecified atom stereocenters. The zero-order chi connectivity index (χ0) is 8.97. The van der Waals surface area contributed by atoms with Crippen LogP contribution in [0.3, 0.4) is 0 Å². The van der Waals surface area contributed by atoms with Gasteiger partial charge in [-0.2, -0.15) is 0 Å². The van der Waals surface area contributed by atoms with Crippen LogP contribution in [0.4, 0.5) is 0 Å². The molecule has 0 radical (unpaired) electrons. The molecule has 1 aliphatic rings. The third-order valence-corrected chi connectivity index (χ3v) is 1.64. The minimum atomic E-state index is 0.00370. The highest BCUT2D eigenvalue weighted by molar-refractivity contribution is 6.03. The van der Waals surface area contributed by atoms with E-state index in [1.165, 1.54) is 6.26 Å². The zero-order valence-corrected chi connectivity index (χ0v) is 7.41. The Balaban J connectivity index is 2.54. The molecule has 3 nitrogen and oxygen atoms in total. The number of hydrogen-bond acceptors (Lipinski definition) is 3. The first-order valence-electron chi connectivity index (χ1n) is 4.17. The number of hydrogen-bond donors (Lipinski definition) is 0. The molecule has 12 heavy (non-hydrogen) atoms. The molecule has 0 amide bonds. The number of ketones is 1. The maximum Gasteiger partial charge on any atom is 0.164 e. The van der Waals surface area contributed by atoms with Crippen LogP contribution in [0.5, 0.6) is 0 Å². The summed E-state index contributed by atoms with van der Waals surface area (Å²) in [4.78, 5) is 15.2. The maximum absolute atomic E-state index is 11.3. The molecule has 0 saturated carbocycles. The summed E-state index contributed by atoms with van der Waals surface area (Å²) in [6.07, 6.45) is 3.79. The summed E-state index contributed by atoms with van der Waals surface area (Å²) in [5, 5.41) is 0. The Morgan fingerprint density at radius 2 is 2.33 bits per heavy atom. The highest BCUT2D eigenvalue weighted by Gasteiger charge is 2.24. The molecule has 0 saturated heterocycles. The lowest BCUT2D eigenvalue weighted by atomic mass is 10.1. The average Bonchev–Trinajstić information content (AvgIpc) is 2.88. The Labute approximate surface area is 72.1 Å². The van der Waals surface area contributed by atoms with E-state index in [1.807, 2.05) is 13.8 Å². The lowest BCUT2D eigenvalue weighted by Crippen LogP contribution is -2.08. The highest BCUT2D eigenvalue weighted by atomic mass is 16.5. The summed E-state index contributed by atoms with van der Waals surface area (Å²) >= 11 is 0. The first-order chi connectivity index (χ1) is 5.79. The predicted octanol–water partition coefficient (Wildman–Crippen LogP) is 1.34. The molecule has 1 heterocycles. The molecule has 1 atom stereocenters. The lowest BCUT2D eigenvalue weighted by molar-refractivity contribution is -0.115. The summed E-state index contributed by atoms with van der Waals surface area (Å²) in [6, 6.07) is 0.00370. The van der Waals surface area contributed by atoms with Gasteiger partial charge in [-0.15, -0.1) is 0 Å². The SMILES string of the molecule is CCO/C=C(/C(=O)CC)C1C=N1. The molecule has 0 aromatic carbocycles. The number of carbonyl (C=O) groups excluding carboxylic acids is 1.